The molecule has 2 aromatic heterocycles. The van der Waals surface area contributed by atoms with Gasteiger partial charge in [0.2, 0.25) is 0 Å². The summed E-state index contributed by atoms with van der Waals surface area (Å²) >= 11 is 1.91. The highest BCUT2D eigenvalue weighted by Gasteiger charge is 2.16. The Kier molecular flexibility index (Phi) is 2.48. The third-order valence-electron chi connectivity index (χ3n) is 5.39. The van der Waals surface area contributed by atoms with Crippen molar-refractivity contribution in [1.29, 1.82) is 0 Å². The Labute approximate surface area is 148 Å². The Morgan fingerprint density at radius 2 is 1.44 bits per heavy atom. The van der Waals surface area contributed by atoms with Crippen molar-refractivity contribution in [3.05, 3.63) is 72.8 Å². The molecule has 0 fully saturated rings. The molecule has 0 saturated carbocycles. The lowest BCUT2D eigenvalue weighted by Crippen LogP contribution is -1.86. The Morgan fingerprint density at radius 1 is 0.680 bits per heavy atom. The van der Waals surface area contributed by atoms with Gasteiger partial charge in [-0.15, -0.1) is 11.3 Å². The van der Waals surface area contributed by atoms with Gasteiger partial charge in [0.05, 0.1) is 10.2 Å². The van der Waals surface area contributed by atoms with E-state index < -0.39 is 0 Å². The van der Waals surface area contributed by atoms with Crippen LogP contribution >= 0.6 is 11.3 Å². The molecule has 6 rings (SSSR count). The highest BCUT2D eigenvalue weighted by Crippen LogP contribution is 2.42. The monoisotopic (exact) mass is 337 g/mol. The predicted octanol–water partition coefficient (Wildman–Crippen LogP) is 6.85. The van der Waals surface area contributed by atoms with Gasteiger partial charge in [0.25, 0.3) is 0 Å². The molecule has 2 heteroatoms. The molecule has 6 aromatic rings. The SMILES string of the molecule is Cn1c2ccc3ccccc3c2c2ccc3c4ccccc4sc3c21. The van der Waals surface area contributed by atoms with Crippen LogP contribution in [0, 0.1) is 0 Å². The maximum atomic E-state index is 2.37. The third-order valence-corrected chi connectivity index (χ3v) is 6.59. The third kappa shape index (κ3) is 1.62. The first-order valence-electron chi connectivity index (χ1n) is 8.53. The summed E-state index contributed by atoms with van der Waals surface area (Å²) in [7, 11) is 2.20. The summed E-state index contributed by atoms with van der Waals surface area (Å²) in [5, 5.41) is 8.09. The van der Waals surface area contributed by atoms with Crippen molar-refractivity contribution in [2.45, 2.75) is 0 Å². The van der Waals surface area contributed by atoms with Crippen LogP contribution in [0.2, 0.25) is 0 Å². The molecule has 0 saturated heterocycles. The molecule has 0 aliphatic heterocycles. The molecular formula is C23H15NS. The number of aryl methyl sites for hydroxylation is 1. The lowest BCUT2D eigenvalue weighted by atomic mass is 10.0. The van der Waals surface area contributed by atoms with Gasteiger partial charge in [-0.05, 0) is 22.9 Å². The number of fused-ring (bicyclic) bond motifs is 9. The van der Waals surface area contributed by atoms with Crippen molar-refractivity contribution < 1.29 is 0 Å². The van der Waals surface area contributed by atoms with Gasteiger partial charge in [-0.1, -0.05) is 60.7 Å². The molecule has 25 heavy (non-hydrogen) atoms. The number of hydrogen-bond acceptors (Lipinski definition) is 1. The minimum atomic E-state index is 1.30. The van der Waals surface area contributed by atoms with Gasteiger partial charge in [-0.2, -0.15) is 0 Å². The fourth-order valence-electron chi connectivity index (χ4n) is 4.25. The molecule has 0 radical (unpaired) electrons. The van der Waals surface area contributed by atoms with Crippen molar-refractivity contribution in [3.63, 3.8) is 0 Å². The molecule has 0 bridgehead atoms. The van der Waals surface area contributed by atoms with E-state index in [-0.39, 0.29) is 0 Å². The fourth-order valence-corrected chi connectivity index (χ4v) is 5.54. The van der Waals surface area contributed by atoms with E-state index in [4.69, 9.17) is 0 Å². The van der Waals surface area contributed by atoms with Crippen molar-refractivity contribution in [3.8, 4) is 0 Å². The summed E-state index contributed by atoms with van der Waals surface area (Å²) in [6, 6.07) is 26.5. The van der Waals surface area contributed by atoms with Gasteiger partial charge in [0, 0.05) is 38.8 Å². The first-order valence-corrected chi connectivity index (χ1v) is 9.35. The Bertz CT molecular complexity index is 1450. The molecule has 2 heterocycles. The molecule has 0 aliphatic rings. The molecule has 0 spiro atoms. The first-order chi connectivity index (χ1) is 12.3. The maximum absolute atomic E-state index is 2.37. The van der Waals surface area contributed by atoms with E-state index in [1.807, 2.05) is 11.3 Å². The summed E-state index contributed by atoms with van der Waals surface area (Å²) in [5.74, 6) is 0. The van der Waals surface area contributed by atoms with Crippen LogP contribution in [-0.2, 0) is 7.05 Å². The van der Waals surface area contributed by atoms with Gasteiger partial charge in [0.1, 0.15) is 0 Å². The standard InChI is InChI=1S/C23H15NS/c1-24-19-13-10-14-6-2-3-7-15(14)21(19)18-12-11-17-16-8-4-5-9-20(16)25-23(17)22(18)24/h2-13H,1H3. The van der Waals surface area contributed by atoms with Gasteiger partial charge in [0.15, 0.2) is 0 Å². The van der Waals surface area contributed by atoms with Crippen LogP contribution in [0.3, 0.4) is 0 Å². The van der Waals surface area contributed by atoms with E-state index in [1.165, 1.54) is 52.8 Å². The number of thiophene rings is 1. The van der Waals surface area contributed by atoms with Crippen LogP contribution in [-0.4, -0.2) is 4.57 Å². The predicted molar refractivity (Wildman–Crippen MR) is 111 cm³/mol. The smallest absolute Gasteiger partial charge is 0.0670 e. The zero-order valence-electron chi connectivity index (χ0n) is 13.8. The maximum Gasteiger partial charge on any atom is 0.0670 e. The number of benzene rings is 4. The minimum absolute atomic E-state index is 1.30. The number of rotatable bonds is 0. The van der Waals surface area contributed by atoms with Gasteiger partial charge >= 0.3 is 0 Å². The van der Waals surface area contributed by atoms with E-state index >= 15 is 0 Å². The minimum Gasteiger partial charge on any atom is -0.342 e. The first kappa shape index (κ1) is 13.5. The van der Waals surface area contributed by atoms with Gasteiger partial charge in [-0.3, -0.25) is 0 Å². The number of aromatic nitrogens is 1. The molecule has 0 N–H and O–H groups in total. The van der Waals surface area contributed by atoms with Crippen LogP contribution in [0.25, 0.3) is 52.8 Å². The Hall–Kier alpha value is -2.84. The van der Waals surface area contributed by atoms with Crippen molar-refractivity contribution in [1.82, 2.24) is 4.57 Å². The average molecular weight is 337 g/mol. The normalized spacial score (nSPS) is 12.2. The van der Waals surface area contributed by atoms with E-state index in [0.29, 0.717) is 0 Å². The quantitative estimate of drug-likeness (QED) is 0.285. The second-order valence-corrected chi connectivity index (χ2v) is 7.73. The van der Waals surface area contributed by atoms with E-state index in [0.717, 1.165) is 0 Å². The Balaban J connectivity index is 1.94. The molecule has 0 aliphatic carbocycles. The van der Waals surface area contributed by atoms with Crippen molar-refractivity contribution in [2.75, 3.05) is 0 Å². The fraction of sp³-hybridized carbons (Fsp3) is 0.0435. The zero-order valence-corrected chi connectivity index (χ0v) is 14.6. The topological polar surface area (TPSA) is 4.93 Å². The summed E-state index contributed by atoms with van der Waals surface area (Å²) in [5.41, 5.74) is 2.66. The second kappa shape index (κ2) is 4.62. The average Bonchev–Trinajstić information content (AvgIpc) is 3.17. The molecule has 118 valence electrons. The summed E-state index contributed by atoms with van der Waals surface area (Å²) in [4.78, 5) is 0. The molecule has 0 atom stereocenters. The molecule has 1 nitrogen and oxygen atoms in total. The van der Waals surface area contributed by atoms with Gasteiger partial charge < -0.3 is 4.57 Å². The highest BCUT2D eigenvalue weighted by atomic mass is 32.1. The zero-order chi connectivity index (χ0) is 16.5. The van der Waals surface area contributed by atoms with E-state index in [9.17, 15) is 0 Å². The number of hydrogen-bond donors (Lipinski definition) is 0. The van der Waals surface area contributed by atoms with E-state index in [1.54, 1.807) is 0 Å². The highest BCUT2D eigenvalue weighted by molar-refractivity contribution is 7.26. The largest absolute Gasteiger partial charge is 0.342 e. The molecule has 0 unspecified atom stereocenters. The van der Waals surface area contributed by atoms with Crippen LogP contribution in [0.1, 0.15) is 0 Å². The lowest BCUT2D eigenvalue weighted by Gasteiger charge is -2.01. The summed E-state index contributed by atoms with van der Waals surface area (Å²) < 4.78 is 5.12. The Morgan fingerprint density at radius 3 is 2.36 bits per heavy atom. The van der Waals surface area contributed by atoms with Crippen LogP contribution in [0.4, 0.5) is 0 Å². The molecular weight excluding hydrogens is 322 g/mol. The summed E-state index contributed by atoms with van der Waals surface area (Å²) in [6.07, 6.45) is 0. The van der Waals surface area contributed by atoms with Crippen LogP contribution in [0.5, 0.6) is 0 Å². The van der Waals surface area contributed by atoms with Crippen molar-refractivity contribution >= 4 is 64.1 Å². The van der Waals surface area contributed by atoms with Crippen LogP contribution < -0.4 is 0 Å². The second-order valence-electron chi connectivity index (χ2n) is 6.68. The molecule has 4 aromatic carbocycles. The summed E-state index contributed by atoms with van der Waals surface area (Å²) in [6.45, 7) is 0. The molecule has 0 amide bonds. The van der Waals surface area contributed by atoms with Crippen LogP contribution in [0.15, 0.2) is 72.8 Å². The van der Waals surface area contributed by atoms with Crippen molar-refractivity contribution in [2.24, 2.45) is 7.05 Å². The number of nitrogens with zero attached hydrogens (tertiary/aromatic N) is 1. The van der Waals surface area contributed by atoms with Gasteiger partial charge in [-0.25, -0.2) is 0 Å². The van der Waals surface area contributed by atoms with E-state index in [2.05, 4.69) is 84.4 Å². The lowest BCUT2D eigenvalue weighted by molar-refractivity contribution is 1.02.